The van der Waals surface area contributed by atoms with E-state index >= 15 is 0 Å². The highest BCUT2D eigenvalue weighted by Crippen LogP contribution is 2.40. The van der Waals surface area contributed by atoms with Gasteiger partial charge in [0.2, 0.25) is 0 Å². The number of ether oxygens (including phenoxy) is 1. The molecule has 1 atom stereocenters. The number of carbonyl (C=O) groups excluding carboxylic acids is 1. The molecule has 0 aliphatic carbocycles. The Bertz CT molecular complexity index is 2340. The van der Waals surface area contributed by atoms with E-state index in [1.165, 1.54) is 7.11 Å². The second-order valence-corrected chi connectivity index (χ2v) is 15.6. The first-order chi connectivity index (χ1) is 23.8. The van der Waals surface area contributed by atoms with E-state index < -0.39 is 16.0 Å². The monoisotopic (exact) mass is 688 g/mol. The van der Waals surface area contributed by atoms with Crippen LogP contribution in [0.2, 0.25) is 0 Å². The predicted octanol–water partition coefficient (Wildman–Crippen LogP) is 9.31. The summed E-state index contributed by atoms with van der Waals surface area (Å²) in [5.41, 5.74) is 6.92. The summed E-state index contributed by atoms with van der Waals surface area (Å²) in [5, 5.41) is 1.61. The van der Waals surface area contributed by atoms with Crippen molar-refractivity contribution >= 4 is 49.2 Å². The van der Waals surface area contributed by atoms with Crippen LogP contribution in [-0.2, 0) is 20.2 Å². The molecule has 6 rings (SSSR count). The molecule has 1 aromatic heterocycles. The molecule has 258 valence electrons. The van der Waals surface area contributed by atoms with Gasteiger partial charge in [-0.25, -0.2) is 18.2 Å². The maximum absolute atomic E-state index is 14.2. The zero-order chi connectivity index (χ0) is 36.0. The van der Waals surface area contributed by atoms with Crippen molar-refractivity contribution in [2.45, 2.75) is 57.3 Å². The van der Waals surface area contributed by atoms with Gasteiger partial charge in [0, 0.05) is 30.6 Å². The number of anilines is 2. The second kappa shape index (κ2) is 13.3. The van der Waals surface area contributed by atoms with Gasteiger partial charge in [-0.2, -0.15) is 0 Å². The van der Waals surface area contributed by atoms with Crippen LogP contribution in [0.3, 0.4) is 0 Å². The van der Waals surface area contributed by atoms with Crippen LogP contribution in [0.4, 0.5) is 11.4 Å². The number of imidazole rings is 1. The van der Waals surface area contributed by atoms with Gasteiger partial charge in [0.15, 0.2) is 0 Å². The Morgan fingerprint density at radius 2 is 1.70 bits per heavy atom. The van der Waals surface area contributed by atoms with E-state index in [0.717, 1.165) is 39.7 Å². The third-order valence-electron chi connectivity index (χ3n) is 9.43. The van der Waals surface area contributed by atoms with Crippen molar-refractivity contribution in [2.24, 2.45) is 0 Å². The Morgan fingerprint density at radius 3 is 2.36 bits per heavy atom. The Hall–Kier alpha value is -5.15. The molecule has 9 heteroatoms. The highest BCUT2D eigenvalue weighted by molar-refractivity contribution is 7.93. The van der Waals surface area contributed by atoms with Crippen LogP contribution < -0.4 is 9.62 Å². The van der Waals surface area contributed by atoms with Crippen LogP contribution in [0.15, 0.2) is 102 Å². The molecule has 5 aromatic carbocycles. The summed E-state index contributed by atoms with van der Waals surface area (Å²) in [4.78, 5) is 20.6. The molecule has 0 fully saturated rings. The van der Waals surface area contributed by atoms with Gasteiger partial charge in [-0.3, -0.25) is 9.29 Å². The van der Waals surface area contributed by atoms with Crippen molar-refractivity contribution in [2.75, 3.05) is 30.8 Å². The molecule has 50 heavy (non-hydrogen) atoms. The molecule has 0 bridgehead atoms. The van der Waals surface area contributed by atoms with E-state index in [1.807, 2.05) is 90.3 Å². The molecular weight excluding hydrogens is 645 g/mol. The molecular formula is C41H44N4O4S. The van der Waals surface area contributed by atoms with E-state index in [1.54, 1.807) is 30.6 Å². The van der Waals surface area contributed by atoms with Crippen molar-refractivity contribution < 1.29 is 17.9 Å². The number of hydrogen-bond acceptors (Lipinski definition) is 6. The molecule has 1 unspecified atom stereocenters. The van der Waals surface area contributed by atoms with Crippen LogP contribution in [0.25, 0.3) is 38.6 Å². The number of nitrogens with zero attached hydrogens (tertiary/aromatic N) is 3. The van der Waals surface area contributed by atoms with Crippen LogP contribution in [-0.4, -0.2) is 45.1 Å². The van der Waals surface area contributed by atoms with Crippen LogP contribution in [0, 0.1) is 0 Å². The first-order valence-corrected chi connectivity index (χ1v) is 18.3. The van der Waals surface area contributed by atoms with Gasteiger partial charge in [-0.15, -0.1) is 0 Å². The number of esters is 1. The SMILES string of the molecule is CCC(C)c1ccc(S(=O)(=O)Nc2ccc3ncn(-c4c(C(C)(C)C)ccc(-c5ccccc5)c4C(=O)OC)c3c2)c2cccc(N(C)C)c12. The fourth-order valence-corrected chi connectivity index (χ4v) is 7.95. The molecule has 1 heterocycles. The zero-order valence-corrected chi connectivity index (χ0v) is 30.7. The zero-order valence-electron chi connectivity index (χ0n) is 29.9. The summed E-state index contributed by atoms with van der Waals surface area (Å²) in [6.45, 7) is 10.6. The third-order valence-corrected chi connectivity index (χ3v) is 10.9. The first-order valence-electron chi connectivity index (χ1n) is 16.8. The minimum atomic E-state index is -4.03. The van der Waals surface area contributed by atoms with Gasteiger partial charge in [0.05, 0.1) is 40.0 Å². The van der Waals surface area contributed by atoms with Crippen molar-refractivity contribution in [3.63, 3.8) is 0 Å². The minimum Gasteiger partial charge on any atom is -0.465 e. The molecule has 0 aliphatic heterocycles. The van der Waals surface area contributed by atoms with Gasteiger partial charge in [0.1, 0.15) is 6.33 Å². The predicted molar refractivity (Wildman–Crippen MR) is 204 cm³/mol. The van der Waals surface area contributed by atoms with Gasteiger partial charge >= 0.3 is 5.97 Å². The highest BCUT2D eigenvalue weighted by Gasteiger charge is 2.29. The number of fused-ring (bicyclic) bond motifs is 2. The standard InChI is InChI=1S/C41H44N4O4S/c1-9-26(2)29-20-23-36(31-16-13-17-34(37(29)31)44(6)7)50(47,48)43-28-18-22-33-35(24-28)45(25-42-33)39-32(41(3,4)5)21-19-30(38(39)40(46)49-8)27-14-11-10-12-15-27/h10-26,43H,9H2,1-8H3. The Labute approximate surface area is 294 Å². The highest BCUT2D eigenvalue weighted by atomic mass is 32.2. The Morgan fingerprint density at radius 1 is 0.960 bits per heavy atom. The van der Waals surface area contributed by atoms with E-state index in [4.69, 9.17) is 4.74 Å². The lowest BCUT2D eigenvalue weighted by molar-refractivity contribution is 0.0601. The van der Waals surface area contributed by atoms with E-state index in [2.05, 4.69) is 44.3 Å². The van der Waals surface area contributed by atoms with E-state index in [-0.39, 0.29) is 16.2 Å². The molecule has 1 N–H and O–H groups in total. The molecule has 0 radical (unpaired) electrons. The van der Waals surface area contributed by atoms with Crippen molar-refractivity contribution in [1.82, 2.24) is 9.55 Å². The summed E-state index contributed by atoms with van der Waals surface area (Å²) in [6.07, 6.45) is 2.61. The topological polar surface area (TPSA) is 93.5 Å². The molecule has 6 aromatic rings. The number of sulfonamides is 1. The molecule has 0 saturated heterocycles. The van der Waals surface area contributed by atoms with Crippen molar-refractivity contribution in [3.8, 4) is 16.8 Å². The molecule has 8 nitrogen and oxygen atoms in total. The average Bonchev–Trinajstić information content (AvgIpc) is 3.52. The maximum Gasteiger partial charge on any atom is 0.340 e. The van der Waals surface area contributed by atoms with Crippen LogP contribution in [0.1, 0.15) is 68.4 Å². The quantitative estimate of drug-likeness (QED) is 0.152. The van der Waals surface area contributed by atoms with Crippen molar-refractivity contribution in [3.05, 3.63) is 114 Å². The molecule has 0 aliphatic rings. The van der Waals surface area contributed by atoms with E-state index in [0.29, 0.717) is 33.4 Å². The summed E-state index contributed by atoms with van der Waals surface area (Å²) in [7, 11) is 1.29. The van der Waals surface area contributed by atoms with Gasteiger partial charge in [-0.05, 0) is 70.3 Å². The summed E-state index contributed by atoms with van der Waals surface area (Å²) >= 11 is 0. The number of methoxy groups -OCH3 is 1. The normalized spacial score (nSPS) is 12.6. The molecule has 0 amide bonds. The molecule has 0 saturated carbocycles. The van der Waals surface area contributed by atoms with Crippen LogP contribution >= 0.6 is 0 Å². The minimum absolute atomic E-state index is 0.204. The fourth-order valence-electron chi connectivity index (χ4n) is 6.70. The average molecular weight is 689 g/mol. The third kappa shape index (κ3) is 6.22. The van der Waals surface area contributed by atoms with E-state index in [9.17, 15) is 13.2 Å². The van der Waals surface area contributed by atoms with Gasteiger partial charge < -0.3 is 9.64 Å². The smallest absolute Gasteiger partial charge is 0.340 e. The number of nitrogens with one attached hydrogen (secondary N) is 1. The number of hydrogen-bond donors (Lipinski definition) is 1. The summed E-state index contributed by atoms with van der Waals surface area (Å²) in [5.74, 6) is -0.229. The number of aromatic nitrogens is 2. The molecule has 0 spiro atoms. The lowest BCUT2D eigenvalue weighted by Gasteiger charge is -2.27. The lowest BCUT2D eigenvalue weighted by Crippen LogP contribution is -2.20. The number of carbonyl (C=O) groups is 1. The fraction of sp³-hybridized carbons (Fsp3) is 0.268. The number of benzene rings is 5. The van der Waals surface area contributed by atoms with Crippen LogP contribution in [0.5, 0.6) is 0 Å². The number of rotatable bonds is 9. The first kappa shape index (κ1) is 34.7. The lowest BCUT2D eigenvalue weighted by atomic mass is 9.82. The van der Waals surface area contributed by atoms with Gasteiger partial charge in [0.25, 0.3) is 10.0 Å². The summed E-state index contributed by atoms with van der Waals surface area (Å²) < 4.78 is 38.6. The second-order valence-electron chi connectivity index (χ2n) is 14.0. The largest absolute Gasteiger partial charge is 0.465 e. The Balaban J connectivity index is 1.53. The van der Waals surface area contributed by atoms with Gasteiger partial charge in [-0.1, -0.05) is 95.3 Å². The maximum atomic E-state index is 14.2. The summed E-state index contributed by atoms with van der Waals surface area (Å²) in [6, 6.07) is 28.4. The Kier molecular flexibility index (Phi) is 9.22. The van der Waals surface area contributed by atoms with Crippen molar-refractivity contribution in [1.29, 1.82) is 0 Å².